The summed E-state index contributed by atoms with van der Waals surface area (Å²) < 4.78 is 37.7. The molecule has 1 aromatic rings. The maximum atomic E-state index is 12.6. The number of aromatic nitrogens is 2. The molecule has 1 aromatic heterocycles. The minimum absolute atomic E-state index is 0.137. The van der Waals surface area contributed by atoms with Crippen LogP contribution in [0.2, 0.25) is 0 Å². The number of alkyl halides is 3. The third-order valence-corrected chi connectivity index (χ3v) is 3.31. The zero-order valence-electron chi connectivity index (χ0n) is 10.5. The summed E-state index contributed by atoms with van der Waals surface area (Å²) in [7, 11) is 0. The van der Waals surface area contributed by atoms with Crippen LogP contribution in [0.1, 0.15) is 24.2 Å². The summed E-state index contributed by atoms with van der Waals surface area (Å²) in [5.74, 6) is -0.456. The highest BCUT2D eigenvalue weighted by Crippen LogP contribution is 2.35. The molecule has 1 aliphatic rings. The Morgan fingerprint density at radius 3 is 2.39 bits per heavy atom. The number of halogens is 3. The van der Waals surface area contributed by atoms with Crippen molar-refractivity contribution in [2.24, 2.45) is 5.92 Å². The van der Waals surface area contributed by atoms with Crippen LogP contribution >= 0.6 is 0 Å². The van der Waals surface area contributed by atoms with Gasteiger partial charge in [0.15, 0.2) is 0 Å². The Kier molecular flexibility index (Phi) is 3.45. The molecule has 0 amide bonds. The van der Waals surface area contributed by atoms with Crippen molar-refractivity contribution in [3.63, 3.8) is 0 Å². The number of nitrogens with zero attached hydrogens (tertiary/aromatic N) is 3. The molecule has 0 bridgehead atoms. The first-order chi connectivity index (χ1) is 8.38. The van der Waals surface area contributed by atoms with E-state index in [1.165, 1.54) is 0 Å². The molecule has 0 saturated carbocycles. The molecule has 1 aliphatic heterocycles. The summed E-state index contributed by atoms with van der Waals surface area (Å²) in [6.45, 7) is 4.45. The van der Waals surface area contributed by atoms with E-state index >= 15 is 0 Å². The summed E-state index contributed by atoms with van der Waals surface area (Å²) in [6.07, 6.45) is -2.13. The molecule has 2 rings (SSSR count). The summed E-state index contributed by atoms with van der Waals surface area (Å²) in [4.78, 5) is 10.5. The van der Waals surface area contributed by atoms with E-state index < -0.39 is 12.1 Å². The van der Waals surface area contributed by atoms with Gasteiger partial charge in [0.2, 0.25) is 0 Å². The fraction of sp³-hybridized carbons (Fsp3) is 0.667. The quantitative estimate of drug-likeness (QED) is 0.776. The molecular weight excluding hydrogens is 243 g/mol. The molecule has 18 heavy (non-hydrogen) atoms. The van der Waals surface area contributed by atoms with Crippen LogP contribution in [0.15, 0.2) is 6.20 Å². The number of rotatable bonds is 1. The Hall–Kier alpha value is -1.33. The van der Waals surface area contributed by atoms with Crippen molar-refractivity contribution in [3.8, 4) is 0 Å². The molecule has 0 N–H and O–H groups in total. The number of piperidine rings is 1. The molecule has 100 valence electrons. The second-order valence-electron chi connectivity index (χ2n) is 4.72. The van der Waals surface area contributed by atoms with Crippen molar-refractivity contribution >= 4 is 5.82 Å². The fourth-order valence-electron chi connectivity index (χ4n) is 2.24. The maximum absolute atomic E-state index is 12.6. The van der Waals surface area contributed by atoms with E-state index in [2.05, 4.69) is 9.97 Å². The predicted octanol–water partition coefficient (Wildman–Crippen LogP) is 2.87. The Bertz CT molecular complexity index is 423. The number of hydrogen-bond donors (Lipinski definition) is 0. The zero-order chi connectivity index (χ0) is 13.3. The van der Waals surface area contributed by atoms with Crippen LogP contribution in [-0.4, -0.2) is 29.2 Å². The van der Waals surface area contributed by atoms with E-state index in [1.54, 1.807) is 6.20 Å². The summed E-state index contributed by atoms with van der Waals surface area (Å²) in [6, 6.07) is 0. The summed E-state index contributed by atoms with van der Waals surface area (Å²) in [5, 5.41) is 0. The highest BCUT2D eigenvalue weighted by atomic mass is 19.4. The minimum atomic E-state index is -4.07. The molecule has 0 atom stereocenters. The average Bonchev–Trinajstić information content (AvgIpc) is 2.31. The standard InChI is InChI=1S/C12H16F3N3/c1-8-7-16-9(2)11(17-8)18-5-3-10(4-6-18)12(13,14)15/h7,10H,3-6H2,1-2H3. The summed E-state index contributed by atoms with van der Waals surface area (Å²) in [5.41, 5.74) is 1.56. The van der Waals surface area contributed by atoms with Crippen LogP contribution in [0.4, 0.5) is 19.0 Å². The predicted molar refractivity (Wildman–Crippen MR) is 62.5 cm³/mol. The third-order valence-electron chi connectivity index (χ3n) is 3.31. The van der Waals surface area contributed by atoms with Crippen LogP contribution < -0.4 is 4.90 Å². The van der Waals surface area contributed by atoms with Crippen LogP contribution in [-0.2, 0) is 0 Å². The lowest BCUT2D eigenvalue weighted by Gasteiger charge is -2.34. The molecule has 2 heterocycles. The Labute approximate surface area is 104 Å². The molecule has 0 unspecified atom stereocenters. The topological polar surface area (TPSA) is 29.0 Å². The van der Waals surface area contributed by atoms with Crippen molar-refractivity contribution in [2.45, 2.75) is 32.9 Å². The van der Waals surface area contributed by atoms with Gasteiger partial charge in [0, 0.05) is 19.3 Å². The van der Waals surface area contributed by atoms with Gasteiger partial charge in [0.05, 0.1) is 17.3 Å². The molecule has 3 nitrogen and oxygen atoms in total. The molecule has 0 aromatic carbocycles. The van der Waals surface area contributed by atoms with Gasteiger partial charge in [0.1, 0.15) is 5.82 Å². The highest BCUT2D eigenvalue weighted by Gasteiger charge is 2.41. The molecule has 1 fully saturated rings. The number of hydrogen-bond acceptors (Lipinski definition) is 3. The number of anilines is 1. The molecular formula is C12H16F3N3. The molecule has 6 heteroatoms. The van der Waals surface area contributed by atoms with Crippen molar-refractivity contribution in [1.82, 2.24) is 9.97 Å². The Balaban J connectivity index is 2.08. The van der Waals surface area contributed by atoms with Crippen molar-refractivity contribution in [3.05, 3.63) is 17.6 Å². The molecule has 0 radical (unpaired) electrons. The van der Waals surface area contributed by atoms with Gasteiger partial charge < -0.3 is 4.90 Å². The van der Waals surface area contributed by atoms with Crippen LogP contribution in [0.5, 0.6) is 0 Å². The van der Waals surface area contributed by atoms with Gasteiger partial charge in [-0.1, -0.05) is 0 Å². The van der Waals surface area contributed by atoms with Gasteiger partial charge in [0.25, 0.3) is 0 Å². The van der Waals surface area contributed by atoms with Crippen molar-refractivity contribution < 1.29 is 13.2 Å². The Morgan fingerprint density at radius 2 is 1.83 bits per heavy atom. The fourth-order valence-corrected chi connectivity index (χ4v) is 2.24. The SMILES string of the molecule is Cc1cnc(C)c(N2CCC(C(F)(F)F)CC2)n1. The monoisotopic (exact) mass is 259 g/mol. The second kappa shape index (κ2) is 4.74. The van der Waals surface area contributed by atoms with E-state index in [-0.39, 0.29) is 12.8 Å². The van der Waals surface area contributed by atoms with Gasteiger partial charge in [-0.3, -0.25) is 4.98 Å². The van der Waals surface area contributed by atoms with Gasteiger partial charge >= 0.3 is 6.18 Å². The first-order valence-electron chi connectivity index (χ1n) is 6.00. The first kappa shape index (κ1) is 13.1. The average molecular weight is 259 g/mol. The van der Waals surface area contributed by atoms with Crippen molar-refractivity contribution in [2.75, 3.05) is 18.0 Å². The smallest absolute Gasteiger partial charge is 0.355 e. The zero-order valence-corrected chi connectivity index (χ0v) is 10.5. The van der Waals surface area contributed by atoms with Gasteiger partial charge in [-0.2, -0.15) is 13.2 Å². The lowest BCUT2D eigenvalue weighted by molar-refractivity contribution is -0.179. The largest absolute Gasteiger partial charge is 0.391 e. The summed E-state index contributed by atoms with van der Waals surface area (Å²) >= 11 is 0. The van der Waals surface area contributed by atoms with Crippen LogP contribution in [0.25, 0.3) is 0 Å². The van der Waals surface area contributed by atoms with Gasteiger partial charge in [-0.15, -0.1) is 0 Å². The number of aryl methyl sites for hydroxylation is 2. The Morgan fingerprint density at radius 1 is 1.22 bits per heavy atom. The first-order valence-corrected chi connectivity index (χ1v) is 6.00. The lowest BCUT2D eigenvalue weighted by atomic mass is 9.96. The van der Waals surface area contributed by atoms with Crippen LogP contribution in [0, 0.1) is 19.8 Å². The molecule has 0 aliphatic carbocycles. The van der Waals surface area contributed by atoms with Gasteiger partial charge in [-0.25, -0.2) is 4.98 Å². The van der Waals surface area contributed by atoms with E-state index in [4.69, 9.17) is 0 Å². The molecule has 0 spiro atoms. The van der Waals surface area contributed by atoms with Gasteiger partial charge in [-0.05, 0) is 26.7 Å². The second-order valence-corrected chi connectivity index (χ2v) is 4.72. The van der Waals surface area contributed by atoms with E-state index in [1.807, 2.05) is 18.7 Å². The highest BCUT2D eigenvalue weighted by molar-refractivity contribution is 5.43. The van der Waals surface area contributed by atoms with Crippen molar-refractivity contribution in [1.29, 1.82) is 0 Å². The van der Waals surface area contributed by atoms with E-state index in [0.29, 0.717) is 13.1 Å². The van der Waals surface area contributed by atoms with Crippen LogP contribution in [0.3, 0.4) is 0 Å². The molecule has 1 saturated heterocycles. The van der Waals surface area contributed by atoms with E-state index in [0.717, 1.165) is 17.2 Å². The normalized spacial score (nSPS) is 18.2. The van der Waals surface area contributed by atoms with E-state index in [9.17, 15) is 13.2 Å². The third kappa shape index (κ3) is 2.73. The minimum Gasteiger partial charge on any atom is -0.355 e. The maximum Gasteiger partial charge on any atom is 0.391 e. The lowest BCUT2D eigenvalue weighted by Crippen LogP contribution is -2.39.